The third-order valence-corrected chi connectivity index (χ3v) is 2.40. The van der Waals surface area contributed by atoms with Gasteiger partial charge in [0.15, 0.2) is 0 Å². The molecule has 0 saturated heterocycles. The van der Waals surface area contributed by atoms with Crippen LogP contribution >= 0.6 is 11.6 Å². The summed E-state index contributed by atoms with van der Waals surface area (Å²) in [6.07, 6.45) is 2.93. The molecule has 0 aliphatic rings. The lowest BCUT2D eigenvalue weighted by molar-refractivity contribution is -0.385. The molecule has 0 radical (unpaired) electrons. The summed E-state index contributed by atoms with van der Waals surface area (Å²) in [7, 11) is 0. The minimum atomic E-state index is -0.574. The summed E-state index contributed by atoms with van der Waals surface area (Å²) in [6.45, 7) is 1.61. The molecule has 0 N–H and O–H groups in total. The van der Waals surface area contributed by atoms with E-state index in [2.05, 4.69) is 9.97 Å². The molecule has 0 aromatic carbocycles. The van der Waals surface area contributed by atoms with E-state index < -0.39 is 9.85 Å². The van der Waals surface area contributed by atoms with Crippen LogP contribution in [0.5, 0.6) is 0 Å². The van der Waals surface area contributed by atoms with Gasteiger partial charge in [0, 0.05) is 24.5 Å². The summed E-state index contributed by atoms with van der Waals surface area (Å²) in [5.41, 5.74) is 0.360. The van der Waals surface area contributed by atoms with Crippen molar-refractivity contribution in [1.82, 2.24) is 9.97 Å². The van der Waals surface area contributed by atoms with Crippen molar-refractivity contribution in [2.45, 2.75) is 6.92 Å². The van der Waals surface area contributed by atoms with Crippen LogP contribution in [-0.4, -0.2) is 19.8 Å². The molecule has 0 aliphatic heterocycles. The van der Waals surface area contributed by atoms with Crippen molar-refractivity contribution in [1.29, 1.82) is 0 Å². The van der Waals surface area contributed by atoms with Crippen molar-refractivity contribution in [3.05, 3.63) is 67.7 Å². The largest absolute Gasteiger partial charge is 0.306 e. The summed E-state index contributed by atoms with van der Waals surface area (Å²) in [5.74, 6) is 0. The van der Waals surface area contributed by atoms with E-state index in [4.69, 9.17) is 11.6 Å². The number of hydrogen-bond donors (Lipinski definition) is 0. The molecule has 0 amide bonds. The topological polar surface area (TPSA) is 112 Å². The SMILES string of the molecule is Cc1ncccc1[N+](=O)[O-].O=[N+]([O-])c1cccnc1Cl. The smallest absolute Gasteiger partial charge is 0.258 e. The molecule has 2 aromatic rings. The molecule has 2 aromatic heterocycles. The second-order valence-corrected chi connectivity index (χ2v) is 3.79. The van der Waals surface area contributed by atoms with E-state index in [1.54, 1.807) is 13.0 Å². The van der Waals surface area contributed by atoms with Gasteiger partial charge in [-0.1, -0.05) is 11.6 Å². The highest BCUT2D eigenvalue weighted by molar-refractivity contribution is 6.31. The van der Waals surface area contributed by atoms with E-state index >= 15 is 0 Å². The predicted molar refractivity (Wildman–Crippen MR) is 71.5 cm³/mol. The molecular formula is C11H9ClN4O4. The summed E-state index contributed by atoms with van der Waals surface area (Å²) in [5, 5.41) is 20.2. The Morgan fingerprint density at radius 2 is 1.50 bits per heavy atom. The van der Waals surface area contributed by atoms with E-state index in [0.29, 0.717) is 5.69 Å². The molecule has 104 valence electrons. The number of rotatable bonds is 2. The van der Waals surface area contributed by atoms with Crippen LogP contribution in [0.2, 0.25) is 5.15 Å². The molecule has 0 fully saturated rings. The monoisotopic (exact) mass is 296 g/mol. The fourth-order valence-electron chi connectivity index (χ4n) is 1.18. The van der Waals surface area contributed by atoms with Gasteiger partial charge < -0.3 is 0 Å². The summed E-state index contributed by atoms with van der Waals surface area (Å²) in [6, 6.07) is 5.74. The zero-order valence-electron chi connectivity index (χ0n) is 10.3. The lowest BCUT2D eigenvalue weighted by atomic mass is 10.3. The molecule has 0 spiro atoms. The fraction of sp³-hybridized carbons (Fsp3) is 0.0909. The van der Waals surface area contributed by atoms with Gasteiger partial charge in [-0.25, -0.2) is 4.98 Å². The van der Waals surface area contributed by atoms with E-state index in [-0.39, 0.29) is 16.5 Å². The lowest BCUT2D eigenvalue weighted by Crippen LogP contribution is -1.92. The molecule has 9 heteroatoms. The van der Waals surface area contributed by atoms with Crippen LogP contribution in [0.4, 0.5) is 11.4 Å². The van der Waals surface area contributed by atoms with Crippen molar-refractivity contribution in [2.75, 3.05) is 0 Å². The van der Waals surface area contributed by atoms with E-state index in [1.165, 1.54) is 30.6 Å². The number of aromatic nitrogens is 2. The maximum absolute atomic E-state index is 10.2. The Hall–Kier alpha value is -2.61. The van der Waals surface area contributed by atoms with Crippen LogP contribution < -0.4 is 0 Å². The molecule has 0 aliphatic carbocycles. The Balaban J connectivity index is 0.000000200. The summed E-state index contributed by atoms with van der Waals surface area (Å²) >= 11 is 5.37. The zero-order valence-corrected chi connectivity index (χ0v) is 11.0. The van der Waals surface area contributed by atoms with Crippen LogP contribution in [0.1, 0.15) is 5.69 Å². The van der Waals surface area contributed by atoms with Gasteiger partial charge in [-0.3, -0.25) is 25.2 Å². The minimum absolute atomic E-state index is 0.0718. The van der Waals surface area contributed by atoms with Crippen LogP contribution in [0, 0.1) is 27.2 Å². The van der Waals surface area contributed by atoms with Gasteiger partial charge in [0.25, 0.3) is 5.69 Å². The van der Waals surface area contributed by atoms with Gasteiger partial charge in [-0.05, 0) is 19.1 Å². The Morgan fingerprint density at radius 3 is 1.85 bits per heavy atom. The Labute approximate surface area is 118 Å². The van der Waals surface area contributed by atoms with Gasteiger partial charge in [0.2, 0.25) is 5.15 Å². The first kappa shape index (κ1) is 15.4. The molecule has 2 rings (SSSR count). The fourth-order valence-corrected chi connectivity index (χ4v) is 1.37. The second kappa shape index (κ2) is 7.10. The number of pyridine rings is 2. The molecule has 0 saturated carbocycles. The van der Waals surface area contributed by atoms with Gasteiger partial charge in [-0.15, -0.1) is 0 Å². The maximum atomic E-state index is 10.2. The molecule has 0 atom stereocenters. The van der Waals surface area contributed by atoms with Crippen LogP contribution in [0.15, 0.2) is 36.7 Å². The van der Waals surface area contributed by atoms with E-state index in [0.717, 1.165) is 0 Å². The van der Waals surface area contributed by atoms with Crippen LogP contribution in [0.3, 0.4) is 0 Å². The standard InChI is InChI=1S/C6H6N2O2.C5H3ClN2O2/c1-5-6(8(9)10)3-2-4-7-5;6-5-4(8(9)10)2-1-3-7-5/h2-4H,1H3;1-3H. The number of nitrogens with zero attached hydrogens (tertiary/aromatic N) is 4. The first-order valence-electron chi connectivity index (χ1n) is 5.24. The third kappa shape index (κ3) is 4.25. The normalized spacial score (nSPS) is 9.30. The quantitative estimate of drug-likeness (QED) is 0.478. The average molecular weight is 297 g/mol. The van der Waals surface area contributed by atoms with Crippen molar-refractivity contribution in [3.63, 3.8) is 0 Å². The van der Waals surface area contributed by atoms with E-state index in [1.807, 2.05) is 0 Å². The highest BCUT2D eigenvalue weighted by atomic mass is 35.5. The first-order valence-corrected chi connectivity index (χ1v) is 5.62. The van der Waals surface area contributed by atoms with Gasteiger partial charge in [-0.2, -0.15) is 0 Å². The van der Waals surface area contributed by atoms with Gasteiger partial charge in [0.1, 0.15) is 5.69 Å². The molecule has 20 heavy (non-hydrogen) atoms. The van der Waals surface area contributed by atoms with Gasteiger partial charge >= 0.3 is 5.69 Å². The molecule has 0 bridgehead atoms. The zero-order chi connectivity index (χ0) is 15.1. The minimum Gasteiger partial charge on any atom is -0.258 e. The van der Waals surface area contributed by atoms with E-state index in [9.17, 15) is 20.2 Å². The molecule has 2 heterocycles. The Kier molecular flexibility index (Phi) is 5.48. The third-order valence-electron chi connectivity index (χ3n) is 2.11. The number of nitro groups is 2. The average Bonchev–Trinajstić information content (AvgIpc) is 2.40. The second-order valence-electron chi connectivity index (χ2n) is 3.44. The molecule has 8 nitrogen and oxygen atoms in total. The number of aryl methyl sites for hydroxylation is 1. The van der Waals surface area contributed by atoms with Crippen molar-refractivity contribution >= 4 is 23.0 Å². The summed E-state index contributed by atoms with van der Waals surface area (Å²) in [4.78, 5) is 26.6. The first-order chi connectivity index (χ1) is 9.43. The maximum Gasteiger partial charge on any atom is 0.306 e. The summed E-state index contributed by atoms with van der Waals surface area (Å²) < 4.78 is 0. The Morgan fingerprint density at radius 1 is 1.00 bits per heavy atom. The molecule has 0 unspecified atom stereocenters. The van der Waals surface area contributed by atoms with Crippen molar-refractivity contribution in [2.24, 2.45) is 0 Å². The predicted octanol–water partition coefficient (Wildman–Crippen LogP) is 2.94. The highest BCUT2D eigenvalue weighted by Gasteiger charge is 2.10. The Bertz CT molecular complexity index is 580. The van der Waals surface area contributed by atoms with Crippen molar-refractivity contribution in [3.8, 4) is 0 Å². The van der Waals surface area contributed by atoms with Gasteiger partial charge in [0.05, 0.1) is 9.85 Å². The number of hydrogen-bond acceptors (Lipinski definition) is 6. The van der Waals surface area contributed by atoms with Crippen molar-refractivity contribution < 1.29 is 9.85 Å². The van der Waals surface area contributed by atoms with Crippen LogP contribution in [-0.2, 0) is 0 Å². The molecular weight excluding hydrogens is 288 g/mol. The highest BCUT2D eigenvalue weighted by Crippen LogP contribution is 2.19. The number of halogens is 1. The van der Waals surface area contributed by atoms with Crippen LogP contribution in [0.25, 0.3) is 0 Å². The lowest BCUT2D eigenvalue weighted by Gasteiger charge is -1.91.